The highest BCUT2D eigenvalue weighted by Crippen LogP contribution is 2.34. The van der Waals surface area contributed by atoms with Gasteiger partial charge in [0, 0.05) is 6.54 Å². The molecule has 1 amide bonds. The molecule has 2 heterocycles. The summed E-state index contributed by atoms with van der Waals surface area (Å²) in [5, 5.41) is 12.5. The minimum absolute atomic E-state index is 0.0336. The van der Waals surface area contributed by atoms with Crippen LogP contribution in [-0.4, -0.2) is 37.9 Å². The fourth-order valence-corrected chi connectivity index (χ4v) is 3.58. The number of carbonyl (C=O) groups excluding carboxylic acids is 1. The molecular formula is C14H14ClN5OS. The van der Waals surface area contributed by atoms with E-state index in [1.165, 1.54) is 11.8 Å². The fraction of sp³-hybridized carbons (Fsp3) is 0.286. The highest BCUT2D eigenvalue weighted by atomic mass is 35.5. The van der Waals surface area contributed by atoms with Crippen LogP contribution in [0.5, 0.6) is 0 Å². The lowest BCUT2D eigenvalue weighted by Crippen LogP contribution is -2.28. The van der Waals surface area contributed by atoms with Crippen LogP contribution in [-0.2, 0) is 11.3 Å². The van der Waals surface area contributed by atoms with Crippen LogP contribution in [0.15, 0.2) is 42.1 Å². The van der Waals surface area contributed by atoms with E-state index in [4.69, 9.17) is 11.6 Å². The van der Waals surface area contributed by atoms with Crippen molar-refractivity contribution in [1.29, 1.82) is 0 Å². The lowest BCUT2D eigenvalue weighted by molar-refractivity contribution is -0.116. The highest BCUT2D eigenvalue weighted by Gasteiger charge is 2.35. The lowest BCUT2D eigenvalue weighted by atomic mass is 10.3. The van der Waals surface area contributed by atoms with Crippen molar-refractivity contribution in [2.24, 2.45) is 0 Å². The number of hydrogen-bond acceptors (Lipinski definition) is 5. The number of amides is 1. The Morgan fingerprint density at radius 1 is 1.45 bits per heavy atom. The van der Waals surface area contributed by atoms with E-state index in [-0.39, 0.29) is 11.2 Å². The van der Waals surface area contributed by atoms with Crippen molar-refractivity contribution in [3.8, 4) is 0 Å². The van der Waals surface area contributed by atoms with E-state index in [0.717, 1.165) is 12.1 Å². The molecule has 0 unspecified atom stereocenters. The zero-order chi connectivity index (χ0) is 15.5. The number of benzene rings is 1. The molecule has 1 atom stereocenters. The third-order valence-corrected chi connectivity index (χ3v) is 4.89. The number of para-hydroxylation sites is 1. The lowest BCUT2D eigenvalue weighted by Gasteiger charge is -2.17. The Bertz CT molecular complexity index is 704. The average molecular weight is 336 g/mol. The molecule has 1 aromatic carbocycles. The van der Waals surface area contributed by atoms with Crippen LogP contribution in [0, 0.1) is 0 Å². The molecule has 8 heteroatoms. The second kappa shape index (κ2) is 6.50. The van der Waals surface area contributed by atoms with Gasteiger partial charge in [-0.2, -0.15) is 0 Å². The van der Waals surface area contributed by atoms with Gasteiger partial charge >= 0.3 is 0 Å². The summed E-state index contributed by atoms with van der Waals surface area (Å²) in [6.45, 7) is 4.83. The van der Waals surface area contributed by atoms with Gasteiger partial charge in [0.15, 0.2) is 0 Å². The number of hydrogen-bond donors (Lipinski definition) is 0. The topological polar surface area (TPSA) is 63.9 Å². The normalized spacial score (nSPS) is 18.0. The monoisotopic (exact) mass is 335 g/mol. The third kappa shape index (κ3) is 2.86. The fourth-order valence-electron chi connectivity index (χ4n) is 2.32. The first-order valence-electron chi connectivity index (χ1n) is 6.80. The third-order valence-electron chi connectivity index (χ3n) is 3.35. The molecule has 1 fully saturated rings. The Labute approximate surface area is 137 Å². The van der Waals surface area contributed by atoms with E-state index in [1.807, 2.05) is 18.2 Å². The van der Waals surface area contributed by atoms with Gasteiger partial charge in [0.1, 0.15) is 0 Å². The Balaban J connectivity index is 1.75. The van der Waals surface area contributed by atoms with Crippen molar-refractivity contribution in [3.63, 3.8) is 0 Å². The number of rotatable bonds is 5. The van der Waals surface area contributed by atoms with Gasteiger partial charge in [-0.1, -0.05) is 41.6 Å². The van der Waals surface area contributed by atoms with Crippen LogP contribution < -0.4 is 4.90 Å². The first-order chi connectivity index (χ1) is 10.7. The zero-order valence-corrected chi connectivity index (χ0v) is 13.3. The van der Waals surface area contributed by atoms with E-state index >= 15 is 0 Å². The standard InChI is InChI=1S/C14H14ClN5OS/c1-2-8-20-14(16-17-18-20)22-12-7-9-19(13(12)21)11-6-4-3-5-10(11)15/h2-6,12H,1,7-9H2/t12-/m1/s1. The molecule has 3 rings (SSSR count). The van der Waals surface area contributed by atoms with Crippen LogP contribution in [0.2, 0.25) is 5.02 Å². The van der Waals surface area contributed by atoms with Gasteiger partial charge in [0.2, 0.25) is 11.1 Å². The summed E-state index contributed by atoms with van der Waals surface area (Å²) in [5.74, 6) is 0.0336. The smallest absolute Gasteiger partial charge is 0.240 e. The average Bonchev–Trinajstić information content (AvgIpc) is 3.09. The summed E-state index contributed by atoms with van der Waals surface area (Å²) in [5.41, 5.74) is 0.753. The molecule has 114 valence electrons. The van der Waals surface area contributed by atoms with Crippen molar-refractivity contribution >= 4 is 35.0 Å². The van der Waals surface area contributed by atoms with Crippen molar-refractivity contribution in [1.82, 2.24) is 20.2 Å². The van der Waals surface area contributed by atoms with E-state index in [0.29, 0.717) is 23.3 Å². The zero-order valence-electron chi connectivity index (χ0n) is 11.7. The number of anilines is 1. The molecule has 1 aliphatic heterocycles. The van der Waals surface area contributed by atoms with Gasteiger partial charge in [-0.15, -0.1) is 11.7 Å². The summed E-state index contributed by atoms with van der Waals surface area (Å²) >= 11 is 7.56. The molecule has 2 aromatic rings. The van der Waals surface area contributed by atoms with Gasteiger partial charge in [-0.25, -0.2) is 4.68 Å². The molecule has 1 aliphatic rings. The van der Waals surface area contributed by atoms with E-state index in [1.54, 1.807) is 21.7 Å². The minimum Gasteiger partial charge on any atom is -0.310 e. The predicted octanol–water partition coefficient (Wildman–Crippen LogP) is 2.41. The number of tetrazole rings is 1. The molecular weight excluding hydrogens is 322 g/mol. The van der Waals surface area contributed by atoms with Crippen LogP contribution >= 0.6 is 23.4 Å². The second-order valence-corrected chi connectivity index (χ2v) is 6.35. The molecule has 0 radical (unpaired) electrons. The summed E-state index contributed by atoms with van der Waals surface area (Å²) in [6.07, 6.45) is 2.45. The van der Waals surface area contributed by atoms with E-state index in [9.17, 15) is 4.79 Å². The summed E-state index contributed by atoms with van der Waals surface area (Å²) < 4.78 is 1.63. The van der Waals surface area contributed by atoms with Gasteiger partial charge < -0.3 is 4.90 Å². The number of carbonyl (C=O) groups is 1. The molecule has 1 saturated heterocycles. The molecule has 0 saturated carbocycles. The Kier molecular flexibility index (Phi) is 4.44. The number of nitrogens with zero attached hydrogens (tertiary/aromatic N) is 5. The van der Waals surface area contributed by atoms with Crippen LogP contribution in [0.1, 0.15) is 6.42 Å². The SMILES string of the molecule is C=CCn1nnnc1S[C@@H]1CCN(c2ccccc2Cl)C1=O. The van der Waals surface area contributed by atoms with Crippen molar-refractivity contribution < 1.29 is 4.79 Å². The van der Waals surface area contributed by atoms with Crippen molar-refractivity contribution in [2.45, 2.75) is 23.4 Å². The van der Waals surface area contributed by atoms with Crippen LogP contribution in [0.3, 0.4) is 0 Å². The molecule has 0 spiro atoms. The molecule has 22 heavy (non-hydrogen) atoms. The molecule has 0 N–H and O–H groups in total. The Morgan fingerprint density at radius 2 is 2.27 bits per heavy atom. The number of thioether (sulfide) groups is 1. The maximum atomic E-state index is 12.6. The second-order valence-electron chi connectivity index (χ2n) is 4.77. The maximum absolute atomic E-state index is 12.6. The highest BCUT2D eigenvalue weighted by molar-refractivity contribution is 8.00. The number of halogens is 1. The van der Waals surface area contributed by atoms with Crippen LogP contribution in [0.25, 0.3) is 0 Å². The summed E-state index contributed by atoms with van der Waals surface area (Å²) in [4.78, 5) is 14.3. The van der Waals surface area contributed by atoms with Crippen molar-refractivity contribution in [3.05, 3.63) is 41.9 Å². The molecule has 6 nitrogen and oxygen atoms in total. The Hall–Kier alpha value is -1.86. The summed E-state index contributed by atoms with van der Waals surface area (Å²) in [6, 6.07) is 7.37. The predicted molar refractivity (Wildman–Crippen MR) is 86.1 cm³/mol. The summed E-state index contributed by atoms with van der Waals surface area (Å²) in [7, 11) is 0. The van der Waals surface area contributed by atoms with Gasteiger partial charge in [0.05, 0.1) is 22.5 Å². The van der Waals surface area contributed by atoms with Gasteiger partial charge in [-0.05, 0) is 29.0 Å². The van der Waals surface area contributed by atoms with E-state index in [2.05, 4.69) is 22.1 Å². The maximum Gasteiger partial charge on any atom is 0.240 e. The first kappa shape index (κ1) is 15.1. The van der Waals surface area contributed by atoms with Gasteiger partial charge in [-0.3, -0.25) is 4.79 Å². The van der Waals surface area contributed by atoms with Gasteiger partial charge in [0.25, 0.3) is 0 Å². The Morgan fingerprint density at radius 3 is 3.05 bits per heavy atom. The van der Waals surface area contributed by atoms with Crippen molar-refractivity contribution in [2.75, 3.05) is 11.4 Å². The first-order valence-corrected chi connectivity index (χ1v) is 8.06. The molecule has 1 aromatic heterocycles. The number of allylic oxidation sites excluding steroid dienone is 1. The van der Waals surface area contributed by atoms with E-state index < -0.39 is 0 Å². The number of aromatic nitrogens is 4. The molecule has 0 aliphatic carbocycles. The quantitative estimate of drug-likeness (QED) is 0.785. The molecule has 0 bridgehead atoms. The minimum atomic E-state index is -0.203. The van der Waals surface area contributed by atoms with Crippen LogP contribution in [0.4, 0.5) is 5.69 Å². The largest absolute Gasteiger partial charge is 0.310 e.